The third-order valence-electron chi connectivity index (χ3n) is 2.37. The minimum Gasteiger partial charge on any atom is -0.492 e. The van der Waals surface area contributed by atoms with Crippen LogP contribution >= 0.6 is 12.4 Å². The second-order valence-electron chi connectivity index (χ2n) is 3.62. The molecule has 90 valence electrons. The van der Waals surface area contributed by atoms with E-state index in [-0.39, 0.29) is 18.3 Å². The molecule has 0 saturated heterocycles. The van der Waals surface area contributed by atoms with Crippen LogP contribution in [0.2, 0.25) is 0 Å². The lowest BCUT2D eigenvalue weighted by Gasteiger charge is -2.05. The summed E-state index contributed by atoms with van der Waals surface area (Å²) in [5.41, 5.74) is 1.19. The predicted molar refractivity (Wildman–Crippen MR) is 70.6 cm³/mol. The van der Waals surface area contributed by atoms with Gasteiger partial charge in [-0.3, -0.25) is 0 Å². The van der Waals surface area contributed by atoms with Gasteiger partial charge in [-0.1, -0.05) is 36.4 Å². The molecule has 0 saturated carbocycles. The van der Waals surface area contributed by atoms with Gasteiger partial charge in [0.15, 0.2) is 0 Å². The fraction of sp³-hybridized carbons (Fsp3) is 0.154. The van der Waals surface area contributed by atoms with Gasteiger partial charge in [-0.2, -0.15) is 4.98 Å². The molecule has 4 heteroatoms. The molecule has 2 rings (SSSR count). The fourth-order valence-corrected chi connectivity index (χ4v) is 1.65. The van der Waals surface area contributed by atoms with Crippen LogP contribution in [0.15, 0.2) is 49.2 Å². The molecule has 1 aromatic heterocycles. The van der Waals surface area contributed by atoms with Crippen LogP contribution in [0.1, 0.15) is 11.4 Å². The fourth-order valence-electron chi connectivity index (χ4n) is 1.65. The zero-order valence-electron chi connectivity index (χ0n) is 9.41. The Kier molecular flexibility index (Phi) is 4.79. The Morgan fingerprint density at radius 2 is 2.00 bits per heavy atom. The number of allylic oxidation sites excluding steroid dienone is 1. The summed E-state index contributed by atoms with van der Waals surface area (Å²) in [4.78, 5) is 4.04. The molecule has 3 nitrogen and oxygen atoms in total. The molecule has 1 aromatic carbocycles. The number of rotatable bonds is 4. The first-order chi connectivity index (χ1) is 7.79. The summed E-state index contributed by atoms with van der Waals surface area (Å²) in [6.07, 6.45) is 4.09. The lowest BCUT2D eigenvalue weighted by atomic mass is 10.2. The molecule has 0 fully saturated rings. The van der Waals surface area contributed by atoms with Crippen molar-refractivity contribution in [3.63, 3.8) is 0 Å². The number of aromatic nitrogens is 2. The highest BCUT2D eigenvalue weighted by Crippen LogP contribution is 2.12. The zero-order chi connectivity index (χ0) is 11.4. The SMILES string of the molecule is C=CCc1nc(O)cn1Cc1ccccc1.Cl. The second-order valence-corrected chi connectivity index (χ2v) is 3.62. The van der Waals surface area contributed by atoms with Crippen molar-refractivity contribution in [1.82, 2.24) is 9.55 Å². The van der Waals surface area contributed by atoms with Crippen molar-refractivity contribution in [3.05, 3.63) is 60.6 Å². The molecule has 0 aliphatic carbocycles. The Hall–Kier alpha value is -1.74. The minimum absolute atomic E-state index is 0. The highest BCUT2D eigenvalue weighted by Gasteiger charge is 2.05. The standard InChI is InChI=1S/C13H14N2O.ClH/c1-2-6-12-14-13(16)10-15(12)9-11-7-4-3-5-8-11;/h2-5,7-8,10,16H,1,6,9H2;1H. The smallest absolute Gasteiger partial charge is 0.229 e. The molecule has 0 radical (unpaired) electrons. The molecule has 0 aliphatic rings. The molecule has 1 N–H and O–H groups in total. The van der Waals surface area contributed by atoms with Crippen molar-refractivity contribution in [2.24, 2.45) is 0 Å². The number of hydrogen-bond donors (Lipinski definition) is 1. The van der Waals surface area contributed by atoms with E-state index in [1.165, 1.54) is 5.56 Å². The van der Waals surface area contributed by atoms with Crippen LogP contribution in [0.25, 0.3) is 0 Å². The number of benzene rings is 1. The molecule has 1 heterocycles. The molecular weight excluding hydrogens is 236 g/mol. The van der Waals surface area contributed by atoms with Crippen LogP contribution < -0.4 is 0 Å². The van der Waals surface area contributed by atoms with E-state index < -0.39 is 0 Å². The monoisotopic (exact) mass is 250 g/mol. The van der Waals surface area contributed by atoms with E-state index in [1.54, 1.807) is 12.3 Å². The van der Waals surface area contributed by atoms with Crippen LogP contribution in [-0.4, -0.2) is 14.7 Å². The maximum Gasteiger partial charge on any atom is 0.229 e. The van der Waals surface area contributed by atoms with Crippen molar-refractivity contribution in [2.45, 2.75) is 13.0 Å². The first kappa shape index (κ1) is 13.3. The maximum atomic E-state index is 9.37. The quantitative estimate of drug-likeness (QED) is 0.848. The zero-order valence-corrected chi connectivity index (χ0v) is 10.2. The van der Waals surface area contributed by atoms with Crippen LogP contribution in [-0.2, 0) is 13.0 Å². The van der Waals surface area contributed by atoms with Crippen LogP contribution in [0, 0.1) is 0 Å². The Morgan fingerprint density at radius 1 is 1.29 bits per heavy atom. The van der Waals surface area contributed by atoms with E-state index in [9.17, 15) is 5.11 Å². The highest BCUT2D eigenvalue weighted by molar-refractivity contribution is 5.85. The average Bonchev–Trinajstić information content (AvgIpc) is 2.61. The van der Waals surface area contributed by atoms with Crippen molar-refractivity contribution in [1.29, 1.82) is 0 Å². The maximum absolute atomic E-state index is 9.37. The van der Waals surface area contributed by atoms with E-state index in [2.05, 4.69) is 23.7 Å². The Balaban J connectivity index is 0.00000144. The van der Waals surface area contributed by atoms with Crippen LogP contribution in [0.3, 0.4) is 0 Å². The lowest BCUT2D eigenvalue weighted by molar-refractivity contribution is 0.455. The summed E-state index contributed by atoms with van der Waals surface area (Å²) >= 11 is 0. The summed E-state index contributed by atoms with van der Waals surface area (Å²) < 4.78 is 1.94. The van der Waals surface area contributed by atoms with Crippen molar-refractivity contribution >= 4 is 12.4 Å². The summed E-state index contributed by atoms with van der Waals surface area (Å²) in [6, 6.07) is 10.1. The Bertz CT molecular complexity index is 479. The van der Waals surface area contributed by atoms with Gasteiger partial charge in [0.25, 0.3) is 0 Å². The average molecular weight is 251 g/mol. The number of aromatic hydroxyl groups is 1. The highest BCUT2D eigenvalue weighted by atomic mass is 35.5. The van der Waals surface area contributed by atoms with Gasteiger partial charge in [0.1, 0.15) is 5.82 Å². The van der Waals surface area contributed by atoms with Gasteiger partial charge in [-0.15, -0.1) is 19.0 Å². The summed E-state index contributed by atoms with van der Waals surface area (Å²) in [5.74, 6) is 0.893. The summed E-state index contributed by atoms with van der Waals surface area (Å²) in [5, 5.41) is 9.37. The normalized spacial score (nSPS) is 9.65. The van der Waals surface area contributed by atoms with Crippen LogP contribution in [0.5, 0.6) is 5.88 Å². The minimum atomic E-state index is 0. The number of nitrogens with zero attached hydrogens (tertiary/aromatic N) is 2. The molecule has 2 aromatic rings. The molecular formula is C13H15ClN2O. The van der Waals surface area contributed by atoms with Gasteiger partial charge >= 0.3 is 0 Å². The van der Waals surface area contributed by atoms with Gasteiger partial charge in [0.2, 0.25) is 5.88 Å². The van der Waals surface area contributed by atoms with E-state index in [0.717, 1.165) is 12.4 Å². The van der Waals surface area contributed by atoms with Crippen molar-refractivity contribution in [3.8, 4) is 5.88 Å². The topological polar surface area (TPSA) is 38.1 Å². The molecule has 0 bridgehead atoms. The third-order valence-corrected chi connectivity index (χ3v) is 2.37. The van der Waals surface area contributed by atoms with Crippen molar-refractivity contribution < 1.29 is 5.11 Å². The van der Waals surface area contributed by atoms with Gasteiger partial charge in [-0.25, -0.2) is 0 Å². The summed E-state index contributed by atoms with van der Waals surface area (Å²) in [7, 11) is 0. The van der Waals surface area contributed by atoms with Crippen molar-refractivity contribution in [2.75, 3.05) is 0 Å². The largest absolute Gasteiger partial charge is 0.492 e. The molecule has 17 heavy (non-hydrogen) atoms. The number of hydrogen-bond acceptors (Lipinski definition) is 2. The van der Waals surface area contributed by atoms with E-state index >= 15 is 0 Å². The molecule has 0 spiro atoms. The lowest BCUT2D eigenvalue weighted by Crippen LogP contribution is -2.03. The molecule has 0 aliphatic heterocycles. The van der Waals surface area contributed by atoms with E-state index in [4.69, 9.17) is 0 Å². The van der Waals surface area contributed by atoms with Crippen LogP contribution in [0.4, 0.5) is 0 Å². The van der Waals surface area contributed by atoms with E-state index in [0.29, 0.717) is 6.42 Å². The van der Waals surface area contributed by atoms with Gasteiger partial charge in [0, 0.05) is 13.0 Å². The Morgan fingerprint density at radius 3 is 2.65 bits per heavy atom. The van der Waals surface area contributed by atoms with Gasteiger partial charge < -0.3 is 9.67 Å². The first-order valence-corrected chi connectivity index (χ1v) is 5.19. The predicted octanol–water partition coefficient (Wildman–Crippen LogP) is 2.79. The van der Waals surface area contributed by atoms with E-state index in [1.807, 2.05) is 22.8 Å². The molecule has 0 atom stereocenters. The number of halogens is 1. The second kappa shape index (κ2) is 6.11. The molecule has 0 amide bonds. The Labute approximate surface area is 107 Å². The molecule has 0 unspecified atom stereocenters. The van der Waals surface area contributed by atoms with Gasteiger partial charge in [-0.05, 0) is 5.56 Å². The van der Waals surface area contributed by atoms with Gasteiger partial charge in [0.05, 0.1) is 6.20 Å². The summed E-state index contributed by atoms with van der Waals surface area (Å²) in [6.45, 7) is 4.40. The third kappa shape index (κ3) is 3.36. The number of imidazole rings is 1. The first-order valence-electron chi connectivity index (χ1n) is 5.19.